The molecule has 106 valence electrons. The summed E-state index contributed by atoms with van der Waals surface area (Å²) in [6.45, 7) is 3.82. The number of nitrogen functional groups attached to an aromatic ring is 1. The summed E-state index contributed by atoms with van der Waals surface area (Å²) in [5.74, 6) is 0.272. The zero-order valence-electron chi connectivity index (χ0n) is 11.6. The molecule has 2 rings (SSSR count). The summed E-state index contributed by atoms with van der Waals surface area (Å²) < 4.78 is 5.18. The number of nitrogens with two attached hydrogens (primary N) is 1. The highest BCUT2D eigenvalue weighted by molar-refractivity contribution is 7.09. The van der Waals surface area contributed by atoms with Gasteiger partial charge >= 0.3 is 0 Å². The van der Waals surface area contributed by atoms with E-state index in [1.54, 1.807) is 18.2 Å². The summed E-state index contributed by atoms with van der Waals surface area (Å²) in [5, 5.41) is 5.73. The number of thiazole rings is 1. The minimum atomic E-state index is -0.227. The fourth-order valence-electron chi connectivity index (χ4n) is 1.81. The lowest BCUT2D eigenvalue weighted by Crippen LogP contribution is -2.27. The van der Waals surface area contributed by atoms with Gasteiger partial charge in [-0.1, -0.05) is 0 Å². The Morgan fingerprint density at radius 1 is 1.50 bits per heavy atom. The van der Waals surface area contributed by atoms with Crippen molar-refractivity contribution in [3.8, 4) is 5.75 Å². The normalized spacial score (nSPS) is 11.9. The van der Waals surface area contributed by atoms with Crippen LogP contribution in [-0.4, -0.2) is 18.0 Å². The number of methoxy groups -OCH3 is 1. The Hall–Kier alpha value is -2.08. The highest BCUT2D eigenvalue weighted by Crippen LogP contribution is 2.23. The third-order valence-corrected chi connectivity index (χ3v) is 3.97. The zero-order chi connectivity index (χ0) is 14.7. The van der Waals surface area contributed by atoms with Crippen LogP contribution in [0.1, 0.15) is 34.0 Å². The predicted octanol–water partition coefficient (Wildman–Crippen LogP) is 2.53. The SMILES string of the molecule is COc1ccc(N)cc1C(=O)NC(C)c1nc(C)cs1. The van der Waals surface area contributed by atoms with Gasteiger partial charge < -0.3 is 15.8 Å². The predicted molar refractivity (Wildman–Crippen MR) is 80.1 cm³/mol. The van der Waals surface area contributed by atoms with E-state index in [1.165, 1.54) is 18.4 Å². The van der Waals surface area contributed by atoms with Gasteiger partial charge in [0.15, 0.2) is 0 Å². The van der Waals surface area contributed by atoms with Crippen LogP contribution in [0.5, 0.6) is 5.75 Å². The number of hydrogen-bond acceptors (Lipinski definition) is 5. The number of benzene rings is 1. The van der Waals surface area contributed by atoms with Crippen LogP contribution in [-0.2, 0) is 0 Å². The van der Waals surface area contributed by atoms with Crippen LogP contribution in [0, 0.1) is 6.92 Å². The van der Waals surface area contributed by atoms with Gasteiger partial charge in [-0.15, -0.1) is 11.3 Å². The van der Waals surface area contributed by atoms with E-state index in [0.717, 1.165) is 10.7 Å². The molecule has 1 unspecified atom stereocenters. The van der Waals surface area contributed by atoms with Crippen molar-refractivity contribution in [1.82, 2.24) is 10.3 Å². The molecule has 1 aromatic carbocycles. The van der Waals surface area contributed by atoms with E-state index < -0.39 is 0 Å². The Labute approximate surface area is 121 Å². The zero-order valence-corrected chi connectivity index (χ0v) is 12.5. The van der Waals surface area contributed by atoms with E-state index in [-0.39, 0.29) is 11.9 Å². The number of carbonyl (C=O) groups is 1. The molecule has 0 aliphatic rings. The molecule has 3 N–H and O–H groups in total. The molecule has 0 saturated carbocycles. The number of hydrogen-bond donors (Lipinski definition) is 2. The van der Waals surface area contributed by atoms with Gasteiger partial charge in [0.25, 0.3) is 5.91 Å². The van der Waals surface area contributed by atoms with E-state index in [0.29, 0.717) is 17.0 Å². The molecule has 0 saturated heterocycles. The number of amides is 1. The Balaban J connectivity index is 2.18. The maximum Gasteiger partial charge on any atom is 0.255 e. The first kappa shape index (κ1) is 14.3. The van der Waals surface area contributed by atoms with E-state index >= 15 is 0 Å². The highest BCUT2D eigenvalue weighted by Gasteiger charge is 2.17. The van der Waals surface area contributed by atoms with Crippen LogP contribution >= 0.6 is 11.3 Å². The Morgan fingerprint density at radius 3 is 2.85 bits per heavy atom. The fraction of sp³-hybridized carbons (Fsp3) is 0.286. The lowest BCUT2D eigenvalue weighted by Gasteiger charge is -2.13. The van der Waals surface area contributed by atoms with Crippen LogP contribution in [0.25, 0.3) is 0 Å². The van der Waals surface area contributed by atoms with Crippen LogP contribution < -0.4 is 15.8 Å². The van der Waals surface area contributed by atoms with Crippen molar-refractivity contribution >= 4 is 22.9 Å². The molecular weight excluding hydrogens is 274 g/mol. The minimum absolute atomic E-state index is 0.160. The number of rotatable bonds is 4. The third kappa shape index (κ3) is 3.08. The van der Waals surface area contributed by atoms with Gasteiger partial charge in [0.1, 0.15) is 10.8 Å². The number of aryl methyl sites for hydroxylation is 1. The third-order valence-electron chi connectivity index (χ3n) is 2.82. The van der Waals surface area contributed by atoms with Crippen molar-refractivity contribution in [1.29, 1.82) is 0 Å². The van der Waals surface area contributed by atoms with Crippen LogP contribution in [0.15, 0.2) is 23.6 Å². The average Bonchev–Trinajstić information content (AvgIpc) is 2.85. The second-order valence-corrected chi connectivity index (χ2v) is 5.37. The van der Waals surface area contributed by atoms with Crippen molar-refractivity contribution in [3.63, 3.8) is 0 Å². The van der Waals surface area contributed by atoms with E-state index in [2.05, 4.69) is 10.3 Å². The first-order chi connectivity index (χ1) is 9.51. The van der Waals surface area contributed by atoms with Gasteiger partial charge in [0, 0.05) is 16.8 Å². The fourth-order valence-corrected chi connectivity index (χ4v) is 2.61. The smallest absolute Gasteiger partial charge is 0.255 e. The Morgan fingerprint density at radius 2 is 2.25 bits per heavy atom. The number of aromatic nitrogens is 1. The van der Waals surface area contributed by atoms with Gasteiger partial charge in [-0.25, -0.2) is 4.98 Å². The monoisotopic (exact) mass is 291 g/mol. The second kappa shape index (κ2) is 5.92. The number of ether oxygens (including phenoxy) is 1. The molecule has 1 aromatic heterocycles. The molecule has 6 heteroatoms. The largest absolute Gasteiger partial charge is 0.496 e. The van der Waals surface area contributed by atoms with Gasteiger partial charge in [-0.2, -0.15) is 0 Å². The van der Waals surface area contributed by atoms with Crippen molar-refractivity contribution < 1.29 is 9.53 Å². The van der Waals surface area contributed by atoms with Gasteiger partial charge in [-0.05, 0) is 32.0 Å². The number of nitrogens with one attached hydrogen (secondary N) is 1. The molecule has 1 heterocycles. The van der Waals surface area contributed by atoms with Crippen LogP contribution in [0.3, 0.4) is 0 Å². The maximum atomic E-state index is 12.3. The van der Waals surface area contributed by atoms with Crippen molar-refractivity contribution in [2.75, 3.05) is 12.8 Å². The summed E-state index contributed by atoms with van der Waals surface area (Å²) >= 11 is 1.53. The molecule has 1 atom stereocenters. The lowest BCUT2D eigenvalue weighted by molar-refractivity contribution is 0.0937. The molecule has 0 spiro atoms. The first-order valence-electron chi connectivity index (χ1n) is 6.17. The van der Waals surface area contributed by atoms with E-state index in [9.17, 15) is 4.79 Å². The minimum Gasteiger partial charge on any atom is -0.496 e. The molecule has 0 bridgehead atoms. The van der Waals surface area contributed by atoms with Gasteiger partial charge in [0.05, 0.1) is 18.7 Å². The standard InChI is InChI=1S/C14H17N3O2S/c1-8-7-20-14(16-8)9(2)17-13(18)11-6-10(15)4-5-12(11)19-3/h4-7,9H,15H2,1-3H3,(H,17,18). The molecule has 0 aliphatic heterocycles. The molecule has 5 nitrogen and oxygen atoms in total. The topological polar surface area (TPSA) is 77.2 Å². The summed E-state index contributed by atoms with van der Waals surface area (Å²) in [5.41, 5.74) is 7.62. The molecule has 20 heavy (non-hydrogen) atoms. The number of anilines is 1. The quantitative estimate of drug-likeness (QED) is 0.849. The van der Waals surface area contributed by atoms with Crippen LogP contribution in [0.2, 0.25) is 0 Å². The summed E-state index contributed by atoms with van der Waals surface area (Å²) in [7, 11) is 1.52. The van der Waals surface area contributed by atoms with Gasteiger partial charge in [0.2, 0.25) is 0 Å². The summed E-state index contributed by atoms with van der Waals surface area (Å²) in [4.78, 5) is 16.7. The van der Waals surface area contributed by atoms with Crippen molar-refractivity contribution in [2.45, 2.75) is 19.9 Å². The molecular formula is C14H17N3O2S. The highest BCUT2D eigenvalue weighted by atomic mass is 32.1. The average molecular weight is 291 g/mol. The molecule has 0 fully saturated rings. The van der Waals surface area contributed by atoms with Crippen LogP contribution in [0.4, 0.5) is 5.69 Å². The Kier molecular flexibility index (Phi) is 4.24. The molecule has 0 aliphatic carbocycles. The number of carbonyl (C=O) groups excluding carboxylic acids is 1. The maximum absolute atomic E-state index is 12.3. The molecule has 0 radical (unpaired) electrons. The first-order valence-corrected chi connectivity index (χ1v) is 7.05. The summed E-state index contributed by atoms with van der Waals surface area (Å²) in [6, 6.07) is 4.83. The van der Waals surface area contributed by atoms with E-state index in [4.69, 9.17) is 10.5 Å². The van der Waals surface area contributed by atoms with Crippen molar-refractivity contribution in [2.24, 2.45) is 0 Å². The summed E-state index contributed by atoms with van der Waals surface area (Å²) in [6.07, 6.45) is 0. The second-order valence-electron chi connectivity index (χ2n) is 4.48. The Bertz CT molecular complexity index is 625. The lowest BCUT2D eigenvalue weighted by atomic mass is 10.1. The molecule has 2 aromatic rings. The van der Waals surface area contributed by atoms with E-state index in [1.807, 2.05) is 19.2 Å². The van der Waals surface area contributed by atoms with Crippen molar-refractivity contribution in [3.05, 3.63) is 39.8 Å². The number of nitrogens with zero attached hydrogens (tertiary/aromatic N) is 1. The molecule has 1 amide bonds. The van der Waals surface area contributed by atoms with Gasteiger partial charge in [-0.3, -0.25) is 4.79 Å².